The summed E-state index contributed by atoms with van der Waals surface area (Å²) in [6.07, 6.45) is 6.39. The Hall–Kier alpha value is -1.60. The predicted octanol–water partition coefficient (Wildman–Crippen LogP) is -0.832. The zero-order valence-corrected chi connectivity index (χ0v) is 11.0. The van der Waals surface area contributed by atoms with Crippen LogP contribution in [0.1, 0.15) is 19.3 Å². The summed E-state index contributed by atoms with van der Waals surface area (Å²) >= 11 is 0. The van der Waals surface area contributed by atoms with E-state index < -0.39 is 0 Å². The van der Waals surface area contributed by atoms with Crippen molar-refractivity contribution in [2.45, 2.75) is 25.4 Å². The number of aliphatic hydroxyl groups excluding tert-OH is 1. The number of aliphatic imine (C=N–C) groups is 2. The summed E-state index contributed by atoms with van der Waals surface area (Å²) in [4.78, 5) is 10.7. The van der Waals surface area contributed by atoms with E-state index in [1.807, 2.05) is 0 Å². The summed E-state index contributed by atoms with van der Waals surface area (Å²) < 4.78 is 0. The number of hydrogen-bond acceptors (Lipinski definition) is 7. The van der Waals surface area contributed by atoms with Gasteiger partial charge < -0.3 is 26.4 Å². The van der Waals surface area contributed by atoms with Gasteiger partial charge in [-0.15, -0.1) is 0 Å². The molecular formula is C12H22N6O. The molecule has 2 rings (SSSR count). The van der Waals surface area contributed by atoms with E-state index in [1.165, 1.54) is 0 Å². The molecule has 0 saturated heterocycles. The van der Waals surface area contributed by atoms with Crippen molar-refractivity contribution in [3.8, 4) is 0 Å². The number of aliphatic hydroxyl groups is 1. The van der Waals surface area contributed by atoms with Gasteiger partial charge in [0.05, 0.1) is 12.7 Å². The Morgan fingerprint density at radius 3 is 3.11 bits per heavy atom. The second-order valence-electron chi connectivity index (χ2n) is 4.61. The lowest BCUT2D eigenvalue weighted by molar-refractivity contribution is 0.282. The van der Waals surface area contributed by atoms with Crippen LogP contribution in [0.4, 0.5) is 0 Å². The van der Waals surface area contributed by atoms with Gasteiger partial charge in [-0.05, 0) is 25.8 Å². The molecule has 5 N–H and O–H groups in total. The number of rotatable bonds is 8. The van der Waals surface area contributed by atoms with Gasteiger partial charge in [0.1, 0.15) is 11.5 Å². The lowest BCUT2D eigenvalue weighted by atomic mass is 10.2. The highest BCUT2D eigenvalue weighted by molar-refractivity contribution is 5.68. The zero-order chi connectivity index (χ0) is 13.5. The molecule has 0 fully saturated rings. The first kappa shape index (κ1) is 13.8. The molecule has 1 atom stereocenters. The molecule has 0 amide bonds. The van der Waals surface area contributed by atoms with E-state index in [2.05, 4.69) is 25.5 Å². The molecule has 2 heterocycles. The minimum atomic E-state index is -0.0718. The number of unbranched alkanes of at least 4 members (excludes halogenated alkanes) is 2. The molecule has 0 aromatic heterocycles. The normalized spacial score (nSPS) is 20.9. The Bertz CT molecular complexity index is 378. The van der Waals surface area contributed by atoms with Gasteiger partial charge >= 0.3 is 0 Å². The number of hydrogen-bond donors (Lipinski definition) is 4. The van der Waals surface area contributed by atoms with E-state index in [0.29, 0.717) is 5.82 Å². The molecule has 7 nitrogen and oxygen atoms in total. The highest BCUT2D eigenvalue weighted by Gasteiger charge is 2.28. The summed E-state index contributed by atoms with van der Waals surface area (Å²) in [5, 5.41) is 14.9. The first-order valence-corrected chi connectivity index (χ1v) is 6.72. The van der Waals surface area contributed by atoms with E-state index in [0.717, 1.165) is 44.6 Å². The molecule has 0 aromatic carbocycles. The quantitative estimate of drug-likeness (QED) is 0.430. The highest BCUT2D eigenvalue weighted by Crippen LogP contribution is 2.20. The number of nitrogens with one attached hydrogen (secondary N) is 2. The van der Waals surface area contributed by atoms with Crippen molar-refractivity contribution in [3.63, 3.8) is 0 Å². The van der Waals surface area contributed by atoms with Gasteiger partial charge in [0.25, 0.3) is 0 Å². The van der Waals surface area contributed by atoms with Gasteiger partial charge in [-0.2, -0.15) is 0 Å². The topological polar surface area (TPSA) is 98.3 Å². The average Bonchev–Trinajstić information content (AvgIpc) is 2.83. The molecule has 0 radical (unpaired) electrons. The molecule has 0 aromatic rings. The fourth-order valence-electron chi connectivity index (χ4n) is 2.09. The molecular weight excluding hydrogens is 244 g/mol. The van der Waals surface area contributed by atoms with Gasteiger partial charge in [0.2, 0.25) is 0 Å². The molecule has 0 spiro atoms. The zero-order valence-electron chi connectivity index (χ0n) is 11.0. The first-order chi connectivity index (χ1) is 9.33. The molecule has 19 heavy (non-hydrogen) atoms. The van der Waals surface area contributed by atoms with Gasteiger partial charge in [-0.3, -0.25) is 0 Å². The highest BCUT2D eigenvalue weighted by atomic mass is 16.2. The van der Waals surface area contributed by atoms with Crippen LogP contribution in [0.5, 0.6) is 0 Å². The summed E-state index contributed by atoms with van der Waals surface area (Å²) in [5.74, 6) is 0.579. The third-order valence-electron chi connectivity index (χ3n) is 3.17. The molecule has 0 aliphatic carbocycles. The minimum Gasteiger partial charge on any atom is -0.396 e. The van der Waals surface area contributed by atoms with Crippen molar-refractivity contribution in [1.82, 2.24) is 15.5 Å². The summed E-state index contributed by atoms with van der Waals surface area (Å²) in [5.41, 5.74) is 6.60. The second kappa shape index (κ2) is 7.10. The lowest BCUT2D eigenvalue weighted by Crippen LogP contribution is -2.39. The molecule has 1 unspecified atom stereocenters. The average molecular weight is 266 g/mol. The number of nitrogens with zero attached hydrogens (tertiary/aromatic N) is 3. The van der Waals surface area contributed by atoms with Crippen LogP contribution in [-0.2, 0) is 0 Å². The predicted molar refractivity (Wildman–Crippen MR) is 75.6 cm³/mol. The lowest BCUT2D eigenvalue weighted by Gasteiger charge is -2.24. The van der Waals surface area contributed by atoms with E-state index >= 15 is 0 Å². The Morgan fingerprint density at radius 2 is 2.26 bits per heavy atom. The van der Waals surface area contributed by atoms with Crippen molar-refractivity contribution in [3.05, 3.63) is 11.5 Å². The molecule has 106 valence electrons. The van der Waals surface area contributed by atoms with Crippen LogP contribution in [0, 0.1) is 0 Å². The van der Waals surface area contributed by atoms with Crippen molar-refractivity contribution in [2.75, 3.05) is 26.2 Å². The van der Waals surface area contributed by atoms with Gasteiger partial charge in [0, 0.05) is 19.7 Å². The second-order valence-corrected chi connectivity index (χ2v) is 4.61. The Balaban J connectivity index is 1.64. The van der Waals surface area contributed by atoms with E-state index in [-0.39, 0.29) is 12.8 Å². The van der Waals surface area contributed by atoms with E-state index in [1.54, 1.807) is 12.7 Å². The van der Waals surface area contributed by atoms with Crippen LogP contribution in [0.15, 0.2) is 21.5 Å². The number of fused-ring (bicyclic) bond motifs is 1. The first-order valence-electron chi connectivity index (χ1n) is 6.72. The molecule has 0 saturated carbocycles. The van der Waals surface area contributed by atoms with Crippen molar-refractivity contribution in [1.29, 1.82) is 0 Å². The largest absolute Gasteiger partial charge is 0.396 e. The summed E-state index contributed by atoms with van der Waals surface area (Å²) in [7, 11) is 0. The standard InChI is InChI=1S/C12H22N6O/c13-11-10-12(16-8-15-11)18(9-17-10)6-5-14-4-2-1-3-7-19/h8-9,12,14,19H,1-7,13H2,(H,15,16). The van der Waals surface area contributed by atoms with Crippen molar-refractivity contribution >= 4 is 12.7 Å². The summed E-state index contributed by atoms with van der Waals surface area (Å²) in [6.45, 7) is 3.00. The van der Waals surface area contributed by atoms with Crippen LogP contribution in [0.3, 0.4) is 0 Å². The maximum atomic E-state index is 8.67. The van der Waals surface area contributed by atoms with E-state index in [4.69, 9.17) is 10.8 Å². The molecule has 2 aliphatic heterocycles. The monoisotopic (exact) mass is 266 g/mol. The third-order valence-corrected chi connectivity index (χ3v) is 3.17. The maximum Gasteiger partial charge on any atom is 0.170 e. The summed E-state index contributed by atoms with van der Waals surface area (Å²) in [6, 6.07) is 0. The fraction of sp³-hybridized carbons (Fsp3) is 0.667. The third kappa shape index (κ3) is 3.68. The van der Waals surface area contributed by atoms with Crippen molar-refractivity contribution < 1.29 is 5.11 Å². The van der Waals surface area contributed by atoms with Gasteiger partial charge in [0.15, 0.2) is 6.17 Å². The number of nitrogens with two attached hydrogens (primary N) is 1. The maximum absolute atomic E-state index is 8.67. The Morgan fingerprint density at radius 1 is 1.37 bits per heavy atom. The Labute approximate surface area is 113 Å². The van der Waals surface area contributed by atoms with Gasteiger partial charge in [-0.1, -0.05) is 0 Å². The van der Waals surface area contributed by atoms with Crippen LogP contribution >= 0.6 is 0 Å². The van der Waals surface area contributed by atoms with Crippen molar-refractivity contribution in [2.24, 2.45) is 15.7 Å². The van der Waals surface area contributed by atoms with Crippen LogP contribution < -0.4 is 16.4 Å². The van der Waals surface area contributed by atoms with Crippen LogP contribution in [-0.4, -0.2) is 55.1 Å². The Kier molecular flexibility index (Phi) is 5.17. The fourth-order valence-corrected chi connectivity index (χ4v) is 2.09. The molecule has 2 aliphatic rings. The smallest absolute Gasteiger partial charge is 0.170 e. The van der Waals surface area contributed by atoms with Crippen LogP contribution in [0.25, 0.3) is 0 Å². The SMILES string of the molecule is NC1=C2N=CN(CCNCCCCCO)C2N=CN1. The minimum absolute atomic E-state index is 0.0718. The molecule has 0 bridgehead atoms. The van der Waals surface area contributed by atoms with Crippen LogP contribution in [0.2, 0.25) is 0 Å². The van der Waals surface area contributed by atoms with Gasteiger partial charge in [-0.25, -0.2) is 9.98 Å². The van der Waals surface area contributed by atoms with E-state index in [9.17, 15) is 0 Å². The molecule has 7 heteroatoms.